The molecule has 3 aliphatic carbocycles. The van der Waals surface area contributed by atoms with Gasteiger partial charge in [-0.05, 0) is 78.5 Å². The van der Waals surface area contributed by atoms with Crippen LogP contribution in [0.2, 0.25) is 19.6 Å². The Morgan fingerprint density at radius 1 is 0.891 bits per heavy atom. The minimum Gasteiger partial charge on any atom is -0.437 e. The maximum atomic E-state index is 6.82. The zero-order valence-electron chi connectivity index (χ0n) is 33.2. The van der Waals surface area contributed by atoms with Gasteiger partial charge in [-0.3, -0.25) is 0 Å². The SMILES string of the molecule is C=CC1C2C(c3ccccc3-c3cc(CC4CCCC4)c([Si](C)(C)C)c[n+]32)C12Cc1ccc3c(oc4nc(C)ccc43)c1-c1cc(C3CCCCC3)cc[n+]12. The Hall–Kier alpha value is -4.35. The smallest absolute Gasteiger partial charge is 0.227 e. The molecule has 0 N–H and O–H groups in total. The van der Waals surface area contributed by atoms with Gasteiger partial charge in [-0.1, -0.05) is 101 Å². The van der Waals surface area contributed by atoms with Crippen LogP contribution in [0, 0.1) is 18.8 Å². The molecule has 6 aromatic rings. The van der Waals surface area contributed by atoms with E-state index in [1.165, 1.54) is 109 Å². The molecule has 6 heterocycles. The average molecular weight is 742 g/mol. The van der Waals surface area contributed by atoms with Crippen LogP contribution in [0.1, 0.15) is 104 Å². The van der Waals surface area contributed by atoms with E-state index < -0.39 is 8.07 Å². The molecular weight excluding hydrogens is 687 g/mol. The summed E-state index contributed by atoms with van der Waals surface area (Å²) in [5, 5.41) is 3.92. The predicted molar refractivity (Wildman–Crippen MR) is 226 cm³/mol. The number of nitrogens with zero attached hydrogens (tertiary/aromatic N) is 3. The van der Waals surface area contributed by atoms with E-state index in [0.29, 0.717) is 17.9 Å². The van der Waals surface area contributed by atoms with Crippen LogP contribution in [-0.2, 0) is 18.4 Å². The highest BCUT2D eigenvalue weighted by Crippen LogP contribution is 2.64. The highest BCUT2D eigenvalue weighted by molar-refractivity contribution is 6.89. The monoisotopic (exact) mass is 741 g/mol. The van der Waals surface area contributed by atoms with Crippen LogP contribution in [0.5, 0.6) is 0 Å². The summed E-state index contributed by atoms with van der Waals surface area (Å²) < 4.78 is 12.3. The molecule has 5 heteroatoms. The minimum absolute atomic E-state index is 0.197. The number of aryl methyl sites for hydroxylation is 1. The normalized spacial score (nSPS) is 24.6. The fraction of sp³-hybridized carbons (Fsp3) is 0.420. The molecule has 5 aliphatic rings. The molecule has 11 rings (SSSR count). The summed E-state index contributed by atoms with van der Waals surface area (Å²) in [5.41, 5.74) is 13.9. The third kappa shape index (κ3) is 4.90. The Kier molecular flexibility index (Phi) is 7.60. The summed E-state index contributed by atoms with van der Waals surface area (Å²) >= 11 is 0. The van der Waals surface area contributed by atoms with Gasteiger partial charge >= 0.3 is 0 Å². The van der Waals surface area contributed by atoms with E-state index in [9.17, 15) is 0 Å². The number of hydrogen-bond donors (Lipinski definition) is 0. The largest absolute Gasteiger partial charge is 0.437 e. The number of hydrogen-bond acceptors (Lipinski definition) is 2. The first-order valence-corrected chi connectivity index (χ1v) is 24.9. The fourth-order valence-corrected chi connectivity index (χ4v) is 14.1. The number of pyridine rings is 3. The van der Waals surface area contributed by atoms with Crippen molar-refractivity contribution < 1.29 is 13.6 Å². The lowest BCUT2D eigenvalue weighted by Gasteiger charge is -2.56. The molecule has 0 saturated heterocycles. The molecule has 4 aromatic heterocycles. The second kappa shape index (κ2) is 12.3. The molecule has 3 fully saturated rings. The van der Waals surface area contributed by atoms with Crippen LogP contribution < -0.4 is 14.3 Å². The van der Waals surface area contributed by atoms with Crippen LogP contribution >= 0.6 is 0 Å². The van der Waals surface area contributed by atoms with Gasteiger partial charge in [0.05, 0.1) is 19.2 Å². The van der Waals surface area contributed by atoms with E-state index in [2.05, 4.69) is 127 Å². The Morgan fingerprint density at radius 2 is 1.67 bits per heavy atom. The van der Waals surface area contributed by atoms with E-state index in [-0.39, 0.29) is 11.5 Å². The van der Waals surface area contributed by atoms with Gasteiger partial charge in [-0.15, -0.1) is 6.58 Å². The molecular formula is C50H55N3OSi+2. The maximum Gasteiger partial charge on any atom is 0.227 e. The first-order chi connectivity index (χ1) is 26.7. The summed E-state index contributed by atoms with van der Waals surface area (Å²) in [5.74, 6) is 1.98. The van der Waals surface area contributed by atoms with Crippen LogP contribution in [0.15, 0.2) is 96.2 Å². The molecule has 4 atom stereocenters. The lowest BCUT2D eigenvalue weighted by molar-refractivity contribution is -0.837. The van der Waals surface area contributed by atoms with Crippen molar-refractivity contribution in [2.45, 2.75) is 121 Å². The summed E-state index contributed by atoms with van der Waals surface area (Å²) in [6.45, 7) is 14.4. The number of aromatic nitrogens is 3. The molecule has 0 radical (unpaired) electrons. The molecule has 2 aromatic carbocycles. The predicted octanol–water partition coefficient (Wildman–Crippen LogP) is 10.9. The number of allylic oxidation sites excluding steroid dienone is 1. The summed E-state index contributed by atoms with van der Waals surface area (Å²) in [4.78, 5) is 4.86. The molecule has 4 nitrogen and oxygen atoms in total. The highest BCUT2D eigenvalue weighted by Gasteiger charge is 2.76. The van der Waals surface area contributed by atoms with E-state index in [4.69, 9.17) is 9.40 Å². The number of fused-ring (bicyclic) bond motifs is 15. The quantitative estimate of drug-likeness (QED) is 0.100. The highest BCUT2D eigenvalue weighted by atomic mass is 28.3. The summed E-state index contributed by atoms with van der Waals surface area (Å²) in [6, 6.07) is 26.5. The first-order valence-electron chi connectivity index (χ1n) is 21.4. The molecule has 3 saturated carbocycles. The average Bonchev–Trinajstić information content (AvgIpc) is 3.84. The van der Waals surface area contributed by atoms with Crippen molar-refractivity contribution in [3.05, 3.63) is 120 Å². The standard InChI is InChI=1S/C50H55N3OSi/c1-6-41-47-46(38-19-13-12-18-37(38)42-28-36(26-32-14-10-11-15-32)44(30-52(42)47)55(3,4)5)50(41)29-35-21-23-39-40-22-20-31(2)51-49(40)54-48(39)45(35)43-27-34(24-25-53(43)50)33-16-8-7-9-17-33/h6,12-13,18-25,27-28,30,32-33,41,46-47H,1,7-11,14-17,26,29H2,2-5H3/q+2. The summed E-state index contributed by atoms with van der Waals surface area (Å²) in [6.07, 6.45) is 21.8. The fourth-order valence-electron chi connectivity index (χ4n) is 12.4. The van der Waals surface area contributed by atoms with Crippen LogP contribution in [0.4, 0.5) is 0 Å². The third-order valence-electron chi connectivity index (χ3n) is 14.9. The van der Waals surface area contributed by atoms with Crippen molar-refractivity contribution in [1.82, 2.24) is 4.98 Å². The number of furan rings is 1. The van der Waals surface area contributed by atoms with Crippen molar-refractivity contribution in [3.8, 4) is 22.5 Å². The lowest BCUT2D eigenvalue weighted by Crippen LogP contribution is -2.80. The van der Waals surface area contributed by atoms with Crippen molar-refractivity contribution in [3.63, 3.8) is 0 Å². The Labute approximate surface area is 327 Å². The second-order valence-corrected chi connectivity index (χ2v) is 24.1. The molecule has 4 unspecified atom stereocenters. The van der Waals surface area contributed by atoms with E-state index in [1.807, 2.05) is 0 Å². The van der Waals surface area contributed by atoms with E-state index in [0.717, 1.165) is 34.7 Å². The maximum absolute atomic E-state index is 6.82. The third-order valence-corrected chi connectivity index (χ3v) is 17.0. The number of rotatable bonds is 5. The molecule has 55 heavy (non-hydrogen) atoms. The van der Waals surface area contributed by atoms with E-state index >= 15 is 0 Å². The minimum atomic E-state index is -1.65. The van der Waals surface area contributed by atoms with E-state index in [1.54, 1.807) is 10.8 Å². The molecule has 0 amide bonds. The Morgan fingerprint density at radius 3 is 2.47 bits per heavy atom. The van der Waals surface area contributed by atoms with Crippen molar-refractivity contribution in [2.75, 3.05) is 0 Å². The van der Waals surface area contributed by atoms with Crippen LogP contribution in [0.3, 0.4) is 0 Å². The first kappa shape index (κ1) is 33.9. The van der Waals surface area contributed by atoms with Gasteiger partial charge in [0.2, 0.25) is 17.1 Å². The van der Waals surface area contributed by atoms with Crippen LogP contribution in [-0.4, -0.2) is 13.1 Å². The zero-order valence-corrected chi connectivity index (χ0v) is 34.2. The van der Waals surface area contributed by atoms with Gasteiger partial charge in [0.25, 0.3) is 0 Å². The van der Waals surface area contributed by atoms with Gasteiger partial charge < -0.3 is 4.42 Å². The van der Waals surface area contributed by atoms with Crippen molar-refractivity contribution in [2.24, 2.45) is 11.8 Å². The van der Waals surface area contributed by atoms with Gasteiger partial charge in [0.15, 0.2) is 29.6 Å². The van der Waals surface area contributed by atoms with Crippen molar-refractivity contribution >= 4 is 35.3 Å². The summed E-state index contributed by atoms with van der Waals surface area (Å²) in [7, 11) is -1.65. The molecule has 0 bridgehead atoms. The van der Waals surface area contributed by atoms with Gasteiger partial charge in [0.1, 0.15) is 11.8 Å². The topological polar surface area (TPSA) is 33.8 Å². The Bertz CT molecular complexity index is 2550. The molecule has 278 valence electrons. The van der Waals surface area contributed by atoms with Crippen LogP contribution in [0.25, 0.3) is 44.6 Å². The molecule has 1 spiro atoms. The van der Waals surface area contributed by atoms with Gasteiger partial charge in [-0.2, -0.15) is 9.13 Å². The van der Waals surface area contributed by atoms with Crippen molar-refractivity contribution in [1.29, 1.82) is 0 Å². The number of benzene rings is 2. The second-order valence-electron chi connectivity index (χ2n) is 19.0. The lowest BCUT2D eigenvalue weighted by atomic mass is 9.48. The zero-order chi connectivity index (χ0) is 37.2. The van der Waals surface area contributed by atoms with Gasteiger partial charge in [-0.25, -0.2) is 4.98 Å². The molecule has 2 aliphatic heterocycles. The Balaban J connectivity index is 1.14. The van der Waals surface area contributed by atoms with Gasteiger partial charge in [0, 0.05) is 46.3 Å².